The standard InChI is InChI=1S/C9H7FO4.2K/c10-9(7(11)12,8(13)14)6-4-2-1-3-5-6;;/h1-5H,(H,11,12)(H,13,14);;/q;2*+1/p-2. The van der Waals surface area contributed by atoms with Gasteiger partial charge in [0.25, 0.3) is 0 Å². The zero-order chi connectivity index (χ0) is 10.8. The Hall–Kier alpha value is 1.36. The fourth-order valence-electron chi connectivity index (χ4n) is 0.987. The van der Waals surface area contributed by atoms with Gasteiger partial charge in [-0.3, -0.25) is 0 Å². The van der Waals surface area contributed by atoms with Crippen LogP contribution in [0.15, 0.2) is 30.3 Å². The van der Waals surface area contributed by atoms with Crippen molar-refractivity contribution in [2.45, 2.75) is 5.67 Å². The van der Waals surface area contributed by atoms with Crippen LogP contribution in [0.25, 0.3) is 0 Å². The zero-order valence-electron chi connectivity index (χ0n) is 8.90. The van der Waals surface area contributed by atoms with Gasteiger partial charge in [-0.2, -0.15) is 0 Å². The third kappa shape index (κ3) is 4.23. The van der Waals surface area contributed by atoms with Gasteiger partial charge in [0.05, 0.1) is 11.9 Å². The molecule has 0 fully saturated rings. The number of alkyl halides is 1. The second-order valence-corrected chi connectivity index (χ2v) is 2.60. The first kappa shape index (κ1) is 19.7. The van der Waals surface area contributed by atoms with E-state index in [9.17, 15) is 24.2 Å². The Labute approximate surface area is 176 Å². The van der Waals surface area contributed by atoms with Gasteiger partial charge in [-0.1, -0.05) is 30.3 Å². The minimum atomic E-state index is -3.60. The van der Waals surface area contributed by atoms with Crippen LogP contribution in [0.5, 0.6) is 0 Å². The van der Waals surface area contributed by atoms with E-state index in [-0.39, 0.29) is 103 Å². The fourth-order valence-corrected chi connectivity index (χ4v) is 0.987. The monoisotopic (exact) mass is 274 g/mol. The minimum Gasteiger partial charge on any atom is -0.546 e. The van der Waals surface area contributed by atoms with Crippen molar-refractivity contribution < 1.29 is 127 Å². The van der Waals surface area contributed by atoms with E-state index in [1.165, 1.54) is 18.2 Å². The molecule has 1 aromatic carbocycles. The molecule has 0 aliphatic rings. The largest absolute Gasteiger partial charge is 1.00 e. The maximum absolute atomic E-state index is 13.4. The van der Waals surface area contributed by atoms with Crippen molar-refractivity contribution >= 4 is 11.9 Å². The first-order valence-corrected chi connectivity index (χ1v) is 3.67. The quantitative estimate of drug-likeness (QED) is 0.405. The van der Waals surface area contributed by atoms with Gasteiger partial charge in [0, 0.05) is 5.56 Å². The average Bonchev–Trinajstić information content (AvgIpc) is 2.17. The molecule has 0 radical (unpaired) electrons. The van der Waals surface area contributed by atoms with Crippen LogP contribution in [-0.4, -0.2) is 11.9 Å². The second-order valence-electron chi connectivity index (χ2n) is 2.60. The van der Waals surface area contributed by atoms with Crippen LogP contribution in [0.1, 0.15) is 5.56 Å². The molecule has 1 aromatic rings. The van der Waals surface area contributed by atoms with Gasteiger partial charge in [0.1, 0.15) is 0 Å². The van der Waals surface area contributed by atoms with Gasteiger partial charge < -0.3 is 19.8 Å². The smallest absolute Gasteiger partial charge is 0.546 e. The number of benzene rings is 1. The molecule has 0 saturated heterocycles. The third-order valence-corrected chi connectivity index (χ3v) is 1.73. The van der Waals surface area contributed by atoms with Crippen LogP contribution in [0.2, 0.25) is 0 Å². The van der Waals surface area contributed by atoms with Crippen LogP contribution in [0.3, 0.4) is 0 Å². The number of halogens is 1. The summed E-state index contributed by atoms with van der Waals surface area (Å²) in [4.78, 5) is 20.7. The first-order valence-electron chi connectivity index (χ1n) is 3.67. The minimum absolute atomic E-state index is 0. The number of hydrogen-bond donors (Lipinski definition) is 0. The molecule has 0 spiro atoms. The summed E-state index contributed by atoms with van der Waals surface area (Å²) >= 11 is 0. The van der Waals surface area contributed by atoms with E-state index in [1.807, 2.05) is 0 Å². The van der Waals surface area contributed by atoms with Crippen LogP contribution < -0.4 is 113 Å². The summed E-state index contributed by atoms with van der Waals surface area (Å²) in [6.07, 6.45) is 0. The SMILES string of the molecule is O=C([O-])C(F)(C(=O)[O-])c1ccccc1.[K+].[K+]. The van der Waals surface area contributed by atoms with E-state index in [2.05, 4.69) is 0 Å². The maximum atomic E-state index is 13.4. The number of carbonyl (C=O) groups is 2. The Morgan fingerprint density at radius 1 is 1.00 bits per heavy atom. The van der Waals surface area contributed by atoms with Crippen molar-refractivity contribution in [3.63, 3.8) is 0 Å². The van der Waals surface area contributed by atoms with Crippen LogP contribution >= 0.6 is 0 Å². The molecule has 0 heterocycles. The molecule has 0 saturated carbocycles. The van der Waals surface area contributed by atoms with Crippen LogP contribution in [0, 0.1) is 0 Å². The fraction of sp³-hybridized carbons (Fsp3) is 0.111. The van der Waals surface area contributed by atoms with E-state index < -0.39 is 23.2 Å². The van der Waals surface area contributed by atoms with Crippen molar-refractivity contribution in [2.24, 2.45) is 0 Å². The molecule has 7 heteroatoms. The first-order chi connectivity index (χ1) is 6.49. The number of carbonyl (C=O) groups excluding carboxylic acids is 2. The van der Waals surface area contributed by atoms with Gasteiger partial charge in [-0.15, -0.1) is 0 Å². The summed E-state index contributed by atoms with van der Waals surface area (Å²) in [5.74, 6) is -4.69. The van der Waals surface area contributed by atoms with Gasteiger partial charge >= 0.3 is 103 Å². The summed E-state index contributed by atoms with van der Waals surface area (Å²) in [6, 6.07) is 6.19. The van der Waals surface area contributed by atoms with Crippen LogP contribution in [-0.2, 0) is 15.3 Å². The average molecular weight is 274 g/mol. The molecular weight excluding hydrogens is 269 g/mol. The predicted octanol–water partition coefficient (Wildman–Crippen LogP) is -7.64. The normalized spacial score (nSPS) is 9.56. The van der Waals surface area contributed by atoms with Crippen molar-refractivity contribution in [3.05, 3.63) is 35.9 Å². The number of carboxylic acids is 2. The Kier molecular flexibility index (Phi) is 10.4. The van der Waals surface area contributed by atoms with Gasteiger partial charge in [-0.05, 0) is 0 Å². The van der Waals surface area contributed by atoms with E-state index in [0.29, 0.717) is 0 Å². The van der Waals surface area contributed by atoms with Gasteiger partial charge in [0.2, 0.25) is 5.67 Å². The zero-order valence-corrected chi connectivity index (χ0v) is 15.1. The molecule has 0 atom stereocenters. The second kappa shape index (κ2) is 8.46. The molecule has 0 aliphatic heterocycles. The summed E-state index contributed by atoms with van der Waals surface area (Å²) in [5, 5.41) is 20.7. The summed E-state index contributed by atoms with van der Waals surface area (Å²) in [5.41, 5.74) is -4.12. The Morgan fingerprint density at radius 3 is 1.69 bits per heavy atom. The number of aliphatic carboxylic acids is 2. The molecule has 16 heavy (non-hydrogen) atoms. The molecule has 0 N–H and O–H groups in total. The number of hydrogen-bond acceptors (Lipinski definition) is 4. The Morgan fingerprint density at radius 2 is 1.38 bits per heavy atom. The maximum Gasteiger partial charge on any atom is 1.00 e. The predicted molar refractivity (Wildman–Crippen MR) is 39.2 cm³/mol. The molecule has 0 aliphatic carbocycles. The molecule has 0 unspecified atom stereocenters. The number of carboxylic acid groups (broad SMARTS) is 2. The number of rotatable bonds is 3. The van der Waals surface area contributed by atoms with Crippen molar-refractivity contribution in [1.82, 2.24) is 0 Å². The van der Waals surface area contributed by atoms with E-state index in [0.717, 1.165) is 12.1 Å². The van der Waals surface area contributed by atoms with Crippen molar-refractivity contribution in [3.8, 4) is 0 Å². The molecule has 4 nitrogen and oxygen atoms in total. The molecule has 0 amide bonds. The van der Waals surface area contributed by atoms with Gasteiger partial charge in [0.15, 0.2) is 0 Å². The van der Waals surface area contributed by atoms with E-state index in [4.69, 9.17) is 0 Å². The molecular formula is C9H5FK2O4. The van der Waals surface area contributed by atoms with Crippen LogP contribution in [0.4, 0.5) is 4.39 Å². The Bertz CT molecular complexity index is 355. The summed E-state index contributed by atoms with van der Waals surface area (Å²) in [6.45, 7) is 0. The van der Waals surface area contributed by atoms with E-state index in [1.54, 1.807) is 0 Å². The van der Waals surface area contributed by atoms with Crippen molar-refractivity contribution in [1.29, 1.82) is 0 Å². The summed E-state index contributed by atoms with van der Waals surface area (Å²) < 4.78 is 13.4. The topological polar surface area (TPSA) is 80.3 Å². The van der Waals surface area contributed by atoms with Gasteiger partial charge in [-0.25, -0.2) is 4.39 Å². The van der Waals surface area contributed by atoms with E-state index >= 15 is 0 Å². The molecule has 0 aromatic heterocycles. The summed E-state index contributed by atoms with van der Waals surface area (Å²) in [7, 11) is 0. The van der Waals surface area contributed by atoms with Crippen molar-refractivity contribution in [2.75, 3.05) is 0 Å². The Balaban J connectivity index is 0. The third-order valence-electron chi connectivity index (χ3n) is 1.73. The molecule has 1 rings (SSSR count). The molecule has 74 valence electrons. The molecule has 0 bridgehead atoms.